The van der Waals surface area contributed by atoms with Crippen molar-refractivity contribution in [2.24, 2.45) is 0 Å². The van der Waals surface area contributed by atoms with Gasteiger partial charge < -0.3 is 25.2 Å². The van der Waals surface area contributed by atoms with Crippen molar-refractivity contribution in [1.82, 2.24) is 10.2 Å². The molecule has 0 saturated carbocycles. The highest BCUT2D eigenvalue weighted by molar-refractivity contribution is 7.80. The van der Waals surface area contributed by atoms with Crippen molar-refractivity contribution in [2.45, 2.75) is 44.9 Å². The van der Waals surface area contributed by atoms with Gasteiger partial charge in [-0.3, -0.25) is 0 Å². The van der Waals surface area contributed by atoms with E-state index in [4.69, 9.17) is 22.1 Å². The van der Waals surface area contributed by atoms with Crippen LogP contribution in [0.5, 0.6) is 0 Å². The summed E-state index contributed by atoms with van der Waals surface area (Å²) in [4.78, 5) is 24.2. The summed E-state index contributed by atoms with van der Waals surface area (Å²) in [6.45, 7) is 5.37. The minimum Gasteiger partial charge on any atom is -0.480 e. The molecule has 8 heteroatoms. The Balaban J connectivity index is 2.50. The predicted octanol–water partition coefficient (Wildman–Crippen LogP) is 0.358. The Kier molecular flexibility index (Phi) is 5.29. The SMILES string of the molecule is CC(C)(C)OC(=O)NCC(=S)N1CC(O)C[C@H]1C(=O)O. The summed E-state index contributed by atoms with van der Waals surface area (Å²) in [6, 6.07) is -0.849. The summed E-state index contributed by atoms with van der Waals surface area (Å²) in [5, 5.41) is 21.0. The molecule has 20 heavy (non-hydrogen) atoms. The van der Waals surface area contributed by atoms with Crippen LogP contribution in [0, 0.1) is 0 Å². The van der Waals surface area contributed by atoms with Gasteiger partial charge in [-0.05, 0) is 20.8 Å². The lowest BCUT2D eigenvalue weighted by Gasteiger charge is -2.25. The lowest BCUT2D eigenvalue weighted by Crippen LogP contribution is -2.45. The number of alkyl carbamates (subject to hydrolysis) is 1. The number of carbonyl (C=O) groups is 2. The van der Waals surface area contributed by atoms with E-state index in [1.807, 2.05) is 0 Å². The van der Waals surface area contributed by atoms with Crippen LogP contribution in [-0.4, -0.2) is 63.0 Å². The van der Waals surface area contributed by atoms with Gasteiger partial charge >= 0.3 is 12.1 Å². The van der Waals surface area contributed by atoms with Gasteiger partial charge in [0.05, 0.1) is 17.6 Å². The highest BCUT2D eigenvalue weighted by atomic mass is 32.1. The third-order valence-corrected chi connectivity index (χ3v) is 3.05. The number of thiocarbonyl (C=S) groups is 1. The number of aliphatic carboxylic acids is 1. The predicted molar refractivity (Wildman–Crippen MR) is 75.6 cm³/mol. The van der Waals surface area contributed by atoms with E-state index >= 15 is 0 Å². The number of carboxylic acid groups (broad SMARTS) is 1. The van der Waals surface area contributed by atoms with Gasteiger partial charge in [0, 0.05) is 13.0 Å². The Morgan fingerprint density at radius 3 is 2.55 bits per heavy atom. The van der Waals surface area contributed by atoms with Gasteiger partial charge in [0.25, 0.3) is 0 Å². The topological polar surface area (TPSA) is 99.1 Å². The first kappa shape index (κ1) is 16.6. The van der Waals surface area contributed by atoms with Crippen molar-refractivity contribution in [3.05, 3.63) is 0 Å². The number of hydrogen-bond donors (Lipinski definition) is 3. The average molecular weight is 304 g/mol. The van der Waals surface area contributed by atoms with Gasteiger partial charge in [0.1, 0.15) is 11.6 Å². The number of carboxylic acids is 1. The van der Waals surface area contributed by atoms with Gasteiger partial charge in [-0.25, -0.2) is 9.59 Å². The molecule has 0 radical (unpaired) electrons. The second-order valence-electron chi connectivity index (χ2n) is 5.65. The van der Waals surface area contributed by atoms with E-state index in [2.05, 4.69) is 5.32 Å². The molecule has 0 bridgehead atoms. The number of aliphatic hydroxyl groups is 1. The van der Waals surface area contributed by atoms with Crippen LogP contribution in [-0.2, 0) is 9.53 Å². The summed E-state index contributed by atoms with van der Waals surface area (Å²) in [5.74, 6) is -1.04. The second-order valence-corrected chi connectivity index (χ2v) is 6.12. The van der Waals surface area contributed by atoms with Crippen molar-refractivity contribution >= 4 is 29.3 Å². The van der Waals surface area contributed by atoms with Crippen LogP contribution in [0.1, 0.15) is 27.2 Å². The molecule has 0 aliphatic carbocycles. The zero-order valence-corrected chi connectivity index (χ0v) is 12.6. The van der Waals surface area contributed by atoms with Crippen molar-refractivity contribution in [1.29, 1.82) is 0 Å². The number of likely N-dealkylation sites (tertiary alicyclic amines) is 1. The van der Waals surface area contributed by atoms with Crippen LogP contribution in [0.3, 0.4) is 0 Å². The minimum absolute atomic E-state index is 0.000741. The summed E-state index contributed by atoms with van der Waals surface area (Å²) in [7, 11) is 0. The number of aliphatic hydroxyl groups excluding tert-OH is 1. The molecular formula is C12H20N2O5S. The number of rotatable bonds is 3. The van der Waals surface area contributed by atoms with Crippen LogP contribution < -0.4 is 5.32 Å². The molecule has 114 valence electrons. The molecule has 0 aromatic heterocycles. The second kappa shape index (κ2) is 6.36. The number of carbonyl (C=O) groups excluding carboxylic acids is 1. The lowest BCUT2D eigenvalue weighted by molar-refractivity contribution is -0.141. The highest BCUT2D eigenvalue weighted by Crippen LogP contribution is 2.18. The van der Waals surface area contributed by atoms with Crippen LogP contribution >= 0.6 is 12.2 Å². The van der Waals surface area contributed by atoms with E-state index in [1.54, 1.807) is 20.8 Å². The molecule has 1 aliphatic heterocycles. The summed E-state index contributed by atoms with van der Waals surface area (Å²) in [5.41, 5.74) is -0.612. The van der Waals surface area contributed by atoms with Crippen LogP contribution in [0.15, 0.2) is 0 Å². The third kappa shape index (κ3) is 4.93. The fourth-order valence-corrected chi connectivity index (χ4v) is 2.16. The van der Waals surface area contributed by atoms with Gasteiger partial charge in [-0.1, -0.05) is 12.2 Å². The first-order valence-corrected chi connectivity index (χ1v) is 6.68. The average Bonchev–Trinajstić information content (AvgIpc) is 2.66. The normalized spacial score (nSPS) is 22.5. The Bertz CT molecular complexity index is 407. The van der Waals surface area contributed by atoms with Crippen LogP contribution in [0.4, 0.5) is 4.79 Å². The molecule has 1 rings (SSSR count). The molecule has 1 unspecified atom stereocenters. The van der Waals surface area contributed by atoms with Gasteiger partial charge in [-0.2, -0.15) is 0 Å². The van der Waals surface area contributed by atoms with Crippen LogP contribution in [0.25, 0.3) is 0 Å². The monoisotopic (exact) mass is 304 g/mol. The summed E-state index contributed by atoms with van der Waals surface area (Å²) >= 11 is 5.10. The lowest BCUT2D eigenvalue weighted by atomic mass is 10.2. The Morgan fingerprint density at radius 2 is 2.05 bits per heavy atom. The summed E-state index contributed by atoms with van der Waals surface area (Å²) < 4.78 is 5.05. The number of ether oxygens (including phenoxy) is 1. The first-order chi connectivity index (χ1) is 9.10. The van der Waals surface area contributed by atoms with E-state index in [1.165, 1.54) is 4.90 Å². The van der Waals surface area contributed by atoms with E-state index in [0.717, 1.165) is 0 Å². The van der Waals surface area contributed by atoms with Gasteiger partial charge in [-0.15, -0.1) is 0 Å². The minimum atomic E-state index is -1.04. The molecular weight excluding hydrogens is 284 g/mol. The van der Waals surface area contributed by atoms with Crippen molar-refractivity contribution in [2.75, 3.05) is 13.1 Å². The molecule has 0 spiro atoms. The fourth-order valence-electron chi connectivity index (χ4n) is 1.89. The molecule has 7 nitrogen and oxygen atoms in total. The van der Waals surface area contributed by atoms with E-state index in [-0.39, 0.29) is 24.5 Å². The zero-order chi connectivity index (χ0) is 15.5. The molecule has 0 aromatic rings. The molecule has 1 aliphatic rings. The highest BCUT2D eigenvalue weighted by Gasteiger charge is 2.37. The first-order valence-electron chi connectivity index (χ1n) is 6.27. The molecule has 3 N–H and O–H groups in total. The summed E-state index contributed by atoms with van der Waals surface area (Å²) in [6.07, 6.45) is -1.22. The molecule has 2 atom stereocenters. The van der Waals surface area contributed by atoms with Crippen molar-refractivity contribution < 1.29 is 24.5 Å². The maximum Gasteiger partial charge on any atom is 0.408 e. The number of nitrogens with zero attached hydrogens (tertiary/aromatic N) is 1. The third-order valence-electron chi connectivity index (χ3n) is 2.67. The molecule has 1 fully saturated rings. The quantitative estimate of drug-likeness (QED) is 0.647. The van der Waals surface area contributed by atoms with E-state index < -0.39 is 29.8 Å². The molecule has 1 saturated heterocycles. The Morgan fingerprint density at radius 1 is 1.45 bits per heavy atom. The molecule has 1 amide bonds. The van der Waals surface area contributed by atoms with E-state index in [9.17, 15) is 14.7 Å². The number of hydrogen-bond acceptors (Lipinski definition) is 5. The molecule has 1 heterocycles. The Hall–Kier alpha value is -1.41. The van der Waals surface area contributed by atoms with Crippen LogP contribution in [0.2, 0.25) is 0 Å². The van der Waals surface area contributed by atoms with Gasteiger partial charge in [0.2, 0.25) is 0 Å². The number of β-amino-alcohol motifs (C(OH)–C–C–N with tert-alkyl or cyclic N) is 1. The molecule has 0 aromatic carbocycles. The number of amides is 1. The maximum atomic E-state index is 11.5. The van der Waals surface area contributed by atoms with Crippen molar-refractivity contribution in [3.8, 4) is 0 Å². The fraction of sp³-hybridized carbons (Fsp3) is 0.750. The van der Waals surface area contributed by atoms with E-state index in [0.29, 0.717) is 0 Å². The largest absolute Gasteiger partial charge is 0.480 e. The smallest absolute Gasteiger partial charge is 0.408 e. The van der Waals surface area contributed by atoms with Gasteiger partial charge in [0.15, 0.2) is 0 Å². The standard InChI is InChI=1S/C12H20N2O5S/c1-12(2,3)19-11(18)13-5-9(20)14-6-7(15)4-8(14)10(16)17/h7-8,15H,4-6H2,1-3H3,(H,13,18)(H,16,17)/t7?,8-/m0/s1. The maximum absolute atomic E-state index is 11.5. The Labute approximate surface area is 122 Å². The zero-order valence-electron chi connectivity index (χ0n) is 11.8. The number of nitrogens with one attached hydrogen (secondary N) is 1. The van der Waals surface area contributed by atoms with Crippen molar-refractivity contribution in [3.63, 3.8) is 0 Å².